The van der Waals surface area contributed by atoms with Crippen LogP contribution in [0, 0.1) is 0 Å². The third kappa shape index (κ3) is 1.37. The summed E-state index contributed by atoms with van der Waals surface area (Å²) in [6.45, 7) is 0.573. The molecule has 3 aromatic rings. The van der Waals surface area contributed by atoms with E-state index in [1.165, 1.54) is 32.7 Å². The van der Waals surface area contributed by atoms with Gasteiger partial charge in [-0.3, -0.25) is 0 Å². The SMILES string of the molecule is O[C@@H]1C2OCC(O2)C2c3c4ccccc4c(c4ccccc34)C21. The molecule has 0 radical (unpaired) electrons. The van der Waals surface area contributed by atoms with Crippen LogP contribution in [-0.4, -0.2) is 30.2 Å². The molecule has 0 saturated carbocycles. The molecule has 23 heavy (non-hydrogen) atoms. The number of fused-ring (bicyclic) bond motifs is 2. The van der Waals surface area contributed by atoms with E-state index in [1.54, 1.807) is 0 Å². The predicted molar refractivity (Wildman–Crippen MR) is 87.6 cm³/mol. The second-order valence-corrected chi connectivity index (χ2v) is 6.84. The summed E-state index contributed by atoms with van der Waals surface area (Å²) in [5, 5.41) is 16.0. The zero-order valence-corrected chi connectivity index (χ0v) is 12.5. The third-order valence-corrected chi connectivity index (χ3v) is 5.85. The molecule has 2 aliphatic heterocycles. The summed E-state index contributed by atoms with van der Waals surface area (Å²) in [5.41, 5.74) is 2.59. The fraction of sp³-hybridized carbons (Fsp3) is 0.300. The highest BCUT2D eigenvalue weighted by atomic mass is 16.7. The first-order valence-corrected chi connectivity index (χ1v) is 8.23. The minimum Gasteiger partial charge on any atom is -0.387 e. The Morgan fingerprint density at radius 1 is 0.783 bits per heavy atom. The number of hydrogen-bond donors (Lipinski definition) is 1. The molecule has 4 unspecified atom stereocenters. The van der Waals surface area contributed by atoms with E-state index >= 15 is 0 Å². The summed E-state index contributed by atoms with van der Waals surface area (Å²) in [5.74, 6) is 0.254. The molecule has 1 N–H and O–H groups in total. The van der Waals surface area contributed by atoms with Gasteiger partial charge in [0.05, 0.1) is 12.7 Å². The van der Waals surface area contributed by atoms with Crippen LogP contribution in [0.4, 0.5) is 0 Å². The highest BCUT2D eigenvalue weighted by Crippen LogP contribution is 2.58. The Morgan fingerprint density at radius 3 is 1.87 bits per heavy atom. The largest absolute Gasteiger partial charge is 0.387 e. The smallest absolute Gasteiger partial charge is 0.184 e. The lowest BCUT2D eigenvalue weighted by Crippen LogP contribution is -2.45. The van der Waals surface area contributed by atoms with Crippen LogP contribution in [0.1, 0.15) is 23.0 Å². The lowest BCUT2D eigenvalue weighted by molar-refractivity contribution is -0.167. The zero-order valence-electron chi connectivity index (χ0n) is 12.5. The van der Waals surface area contributed by atoms with Crippen LogP contribution < -0.4 is 0 Å². The van der Waals surface area contributed by atoms with E-state index < -0.39 is 12.4 Å². The number of hydrogen-bond acceptors (Lipinski definition) is 3. The minimum absolute atomic E-state index is 0.0418. The summed E-state index contributed by atoms with van der Waals surface area (Å²) < 4.78 is 11.7. The van der Waals surface area contributed by atoms with Crippen molar-refractivity contribution < 1.29 is 14.6 Å². The molecule has 0 amide bonds. The number of rotatable bonds is 0. The molecule has 114 valence electrons. The number of ether oxygens (including phenoxy) is 2. The quantitative estimate of drug-likeness (QED) is 0.648. The first-order chi connectivity index (χ1) is 11.3. The number of benzene rings is 3. The molecule has 3 heteroatoms. The van der Waals surface area contributed by atoms with E-state index in [0.717, 1.165) is 0 Å². The van der Waals surface area contributed by atoms with Gasteiger partial charge < -0.3 is 14.6 Å². The van der Waals surface area contributed by atoms with Gasteiger partial charge in [0.15, 0.2) is 6.29 Å². The van der Waals surface area contributed by atoms with Crippen LogP contribution >= 0.6 is 0 Å². The fourth-order valence-corrected chi connectivity index (χ4v) is 5.05. The van der Waals surface area contributed by atoms with Gasteiger partial charge in [-0.05, 0) is 32.7 Å². The van der Waals surface area contributed by atoms with Crippen molar-refractivity contribution >= 4 is 21.5 Å². The second kappa shape index (κ2) is 4.12. The van der Waals surface area contributed by atoms with Crippen molar-refractivity contribution in [3.05, 3.63) is 59.7 Å². The van der Waals surface area contributed by atoms with Crippen LogP contribution in [-0.2, 0) is 9.47 Å². The third-order valence-electron chi connectivity index (χ3n) is 5.85. The fourth-order valence-electron chi connectivity index (χ4n) is 5.05. The summed E-state index contributed by atoms with van der Waals surface area (Å²) in [7, 11) is 0. The van der Waals surface area contributed by atoms with Crippen molar-refractivity contribution in [1.29, 1.82) is 0 Å². The lowest BCUT2D eigenvalue weighted by Gasteiger charge is -2.45. The maximum atomic E-state index is 10.9. The molecule has 0 aromatic heterocycles. The molecule has 2 heterocycles. The van der Waals surface area contributed by atoms with Gasteiger partial charge in [0.25, 0.3) is 0 Å². The first kappa shape index (κ1) is 12.5. The minimum atomic E-state index is -0.606. The Morgan fingerprint density at radius 2 is 1.30 bits per heavy atom. The average Bonchev–Trinajstić information content (AvgIpc) is 3.05. The maximum absolute atomic E-state index is 10.9. The highest BCUT2D eigenvalue weighted by Gasteiger charge is 2.54. The Labute approximate surface area is 133 Å². The van der Waals surface area contributed by atoms with E-state index in [2.05, 4.69) is 48.5 Å². The molecule has 4 bridgehead atoms. The molecule has 4 aliphatic rings. The van der Waals surface area contributed by atoms with Crippen LogP contribution in [0.2, 0.25) is 0 Å². The van der Waals surface area contributed by atoms with Crippen molar-refractivity contribution in [3.8, 4) is 0 Å². The highest BCUT2D eigenvalue weighted by molar-refractivity contribution is 6.09. The molecule has 2 saturated heterocycles. The van der Waals surface area contributed by atoms with E-state index in [9.17, 15) is 5.11 Å². The van der Waals surface area contributed by atoms with Crippen molar-refractivity contribution in [1.82, 2.24) is 0 Å². The number of aliphatic hydroxyl groups is 1. The predicted octanol–water partition coefficient (Wildman–Crippen LogP) is 3.29. The summed E-state index contributed by atoms with van der Waals surface area (Å²) in [4.78, 5) is 0. The van der Waals surface area contributed by atoms with Gasteiger partial charge in [-0.1, -0.05) is 48.5 Å². The topological polar surface area (TPSA) is 38.7 Å². The maximum Gasteiger partial charge on any atom is 0.184 e. The van der Waals surface area contributed by atoms with Crippen LogP contribution in [0.15, 0.2) is 48.5 Å². The number of aliphatic hydroxyl groups excluding tert-OH is 1. The second-order valence-electron chi connectivity index (χ2n) is 6.84. The van der Waals surface area contributed by atoms with E-state index in [0.29, 0.717) is 6.61 Å². The van der Waals surface area contributed by atoms with Gasteiger partial charge in [-0.2, -0.15) is 0 Å². The van der Waals surface area contributed by atoms with Crippen molar-refractivity contribution in [2.75, 3.05) is 6.61 Å². The van der Waals surface area contributed by atoms with Gasteiger partial charge >= 0.3 is 0 Å². The Kier molecular flexibility index (Phi) is 2.24. The van der Waals surface area contributed by atoms with E-state index in [1.807, 2.05) is 0 Å². The first-order valence-electron chi connectivity index (χ1n) is 8.23. The molecule has 3 nitrogen and oxygen atoms in total. The van der Waals surface area contributed by atoms with Gasteiger partial charge in [0, 0.05) is 11.8 Å². The lowest BCUT2D eigenvalue weighted by atomic mass is 9.64. The summed E-state index contributed by atoms with van der Waals surface area (Å²) in [6, 6.07) is 17.1. The molecule has 0 spiro atoms. The molecule has 7 rings (SSSR count). The van der Waals surface area contributed by atoms with Crippen molar-refractivity contribution in [2.45, 2.75) is 30.3 Å². The van der Waals surface area contributed by atoms with Gasteiger partial charge in [0.1, 0.15) is 6.10 Å². The standard InChI is InChI=1S/C20H16O3/c21-19-18-16-12-7-3-1-5-10(12)15(11-6-2-4-8-13(11)16)17(18)14-9-22-20(19)23-14/h1-8,14,17-21H,9H2/t14?,17?,18?,19-,20?/m0/s1. The van der Waals surface area contributed by atoms with E-state index in [-0.39, 0.29) is 17.9 Å². The normalized spacial score (nSPS) is 34.2. The zero-order chi connectivity index (χ0) is 15.1. The van der Waals surface area contributed by atoms with Crippen LogP contribution in [0.5, 0.6) is 0 Å². The monoisotopic (exact) mass is 304 g/mol. The Balaban J connectivity index is 1.83. The molecule has 5 atom stereocenters. The molecule has 2 aliphatic carbocycles. The molecule has 2 fully saturated rings. The summed E-state index contributed by atoms with van der Waals surface area (Å²) >= 11 is 0. The molecule has 3 aromatic carbocycles. The average molecular weight is 304 g/mol. The van der Waals surface area contributed by atoms with E-state index in [4.69, 9.17) is 9.47 Å². The molecular weight excluding hydrogens is 288 g/mol. The molecular formula is C20H16O3. The van der Waals surface area contributed by atoms with Crippen LogP contribution in [0.25, 0.3) is 21.5 Å². The van der Waals surface area contributed by atoms with Crippen molar-refractivity contribution in [3.63, 3.8) is 0 Å². The Hall–Kier alpha value is -1.94. The summed E-state index contributed by atoms with van der Waals surface area (Å²) in [6.07, 6.45) is -1.04. The van der Waals surface area contributed by atoms with Crippen molar-refractivity contribution in [2.24, 2.45) is 0 Å². The Bertz CT molecular complexity index is 845. The van der Waals surface area contributed by atoms with Gasteiger partial charge in [-0.25, -0.2) is 0 Å². The van der Waals surface area contributed by atoms with Crippen LogP contribution in [0.3, 0.4) is 0 Å². The van der Waals surface area contributed by atoms with Gasteiger partial charge in [-0.15, -0.1) is 0 Å². The van der Waals surface area contributed by atoms with Gasteiger partial charge in [0.2, 0.25) is 0 Å².